The van der Waals surface area contributed by atoms with E-state index in [0.29, 0.717) is 34.0 Å². The molecule has 4 aromatic carbocycles. The molecule has 0 fully saturated rings. The van der Waals surface area contributed by atoms with E-state index in [1.807, 2.05) is 60.7 Å². The molecule has 189 valence electrons. The Hall–Kier alpha value is -4.30. The Morgan fingerprint density at radius 2 is 0.974 bits per heavy atom. The first-order chi connectivity index (χ1) is 17.6. The first-order valence-electron chi connectivity index (χ1n) is 11.2. The minimum absolute atomic E-state index is 0. The second-order valence-electron chi connectivity index (χ2n) is 7.75. The van der Waals surface area contributed by atoms with E-state index in [2.05, 4.69) is 0 Å². The van der Waals surface area contributed by atoms with Gasteiger partial charge in [0, 0.05) is 23.6 Å². The van der Waals surface area contributed by atoms with Crippen LogP contribution in [0.1, 0.15) is 22.3 Å². The maximum atomic E-state index is 12.4. The fourth-order valence-corrected chi connectivity index (χ4v) is 3.51. The van der Waals surface area contributed by atoms with E-state index in [1.54, 1.807) is 38.5 Å². The van der Waals surface area contributed by atoms with Crippen molar-refractivity contribution in [2.45, 2.75) is 0 Å². The number of hydrogen-bond donors (Lipinski definition) is 0. The molecule has 1 radical (unpaired) electrons. The first-order valence-corrected chi connectivity index (χ1v) is 11.2. The number of ether oxygens (including phenoxy) is 2. The van der Waals surface area contributed by atoms with Crippen molar-refractivity contribution < 1.29 is 43.7 Å². The molecular weight excluding hydrogens is 519 g/mol. The van der Waals surface area contributed by atoms with Gasteiger partial charge in [0.15, 0.2) is 0 Å². The summed E-state index contributed by atoms with van der Waals surface area (Å²) < 4.78 is 10.5. The molecule has 0 aliphatic carbocycles. The van der Waals surface area contributed by atoms with Crippen LogP contribution >= 0.6 is 0 Å². The molecule has 8 heteroatoms. The third-order valence-electron chi connectivity index (χ3n) is 5.42. The van der Waals surface area contributed by atoms with Gasteiger partial charge in [0.2, 0.25) is 0 Å². The van der Waals surface area contributed by atoms with Gasteiger partial charge in [-0.1, -0.05) is 84.3 Å². The quantitative estimate of drug-likeness (QED) is 0.234. The zero-order valence-electron chi connectivity index (χ0n) is 20.8. The number of methoxy groups -OCH3 is 2. The zero-order chi connectivity index (χ0) is 25.3. The van der Waals surface area contributed by atoms with Crippen LogP contribution in [0.3, 0.4) is 0 Å². The Morgan fingerprint density at radius 1 is 0.605 bits per heavy atom. The van der Waals surface area contributed by atoms with E-state index < -0.39 is 0 Å². The third-order valence-corrected chi connectivity index (χ3v) is 5.42. The maximum absolute atomic E-state index is 12.4. The van der Waals surface area contributed by atoms with Crippen molar-refractivity contribution in [3.05, 3.63) is 119 Å². The van der Waals surface area contributed by atoms with Gasteiger partial charge in [-0.25, -0.2) is 0 Å². The smallest absolute Gasteiger partial charge is 2.00 e. The molecular formula is C30H24N2O5V. The molecule has 0 aromatic heterocycles. The van der Waals surface area contributed by atoms with E-state index in [4.69, 9.17) is 19.5 Å². The summed E-state index contributed by atoms with van der Waals surface area (Å²) in [7, 11) is 3.09. The summed E-state index contributed by atoms with van der Waals surface area (Å²) in [5.74, 6) is 0.764. The molecule has 0 aliphatic rings. The van der Waals surface area contributed by atoms with Crippen LogP contribution in [-0.4, -0.2) is 26.6 Å². The van der Waals surface area contributed by atoms with Crippen LogP contribution < -0.4 is 19.7 Å². The van der Waals surface area contributed by atoms with E-state index >= 15 is 0 Å². The van der Waals surface area contributed by atoms with Gasteiger partial charge >= 0.3 is 18.6 Å². The van der Waals surface area contributed by atoms with Gasteiger partial charge < -0.3 is 25.2 Å². The predicted molar refractivity (Wildman–Crippen MR) is 140 cm³/mol. The molecule has 0 N–H and O–H groups in total. The van der Waals surface area contributed by atoms with Gasteiger partial charge in [0.25, 0.3) is 0 Å². The van der Waals surface area contributed by atoms with Crippen molar-refractivity contribution in [3.8, 4) is 23.0 Å². The molecule has 7 nitrogen and oxygen atoms in total. The van der Waals surface area contributed by atoms with Crippen LogP contribution in [0.5, 0.6) is 23.0 Å². The number of benzene rings is 4. The molecule has 4 rings (SSSR count). The number of hydrogen-bond acceptors (Lipinski definition) is 6. The van der Waals surface area contributed by atoms with Crippen LogP contribution in [0.25, 0.3) is 11.4 Å². The van der Waals surface area contributed by atoms with Crippen LogP contribution in [-0.2, 0) is 24.0 Å². The monoisotopic (exact) mass is 543 g/mol. The normalized spacial score (nSPS) is 11.4. The maximum Gasteiger partial charge on any atom is 4.00 e. The average Bonchev–Trinajstić information content (AvgIpc) is 2.93. The van der Waals surface area contributed by atoms with Crippen molar-refractivity contribution in [1.29, 1.82) is 0 Å². The fourth-order valence-electron chi connectivity index (χ4n) is 3.51. The Bertz CT molecular complexity index is 1310. The third kappa shape index (κ3) is 7.37. The van der Waals surface area contributed by atoms with E-state index in [9.17, 15) is 10.2 Å². The summed E-state index contributed by atoms with van der Waals surface area (Å²) in [6, 6.07) is 28.5. The van der Waals surface area contributed by atoms with Gasteiger partial charge in [-0.3, -0.25) is 9.98 Å². The van der Waals surface area contributed by atoms with Gasteiger partial charge in [0.1, 0.15) is 11.5 Å². The second-order valence-corrected chi connectivity index (χ2v) is 7.75. The molecule has 0 heterocycles. The molecule has 0 saturated heterocycles. The molecule has 4 aromatic rings. The van der Waals surface area contributed by atoms with Gasteiger partial charge in [-0.05, 0) is 35.4 Å². The number of nitrogens with zero attached hydrogens (tertiary/aromatic N) is 2. The van der Waals surface area contributed by atoms with Gasteiger partial charge in [-0.15, -0.1) is 0 Å². The van der Waals surface area contributed by atoms with Crippen molar-refractivity contribution >= 4 is 23.8 Å². The molecule has 0 unspecified atom stereocenters. The van der Waals surface area contributed by atoms with Crippen molar-refractivity contribution in [2.24, 2.45) is 9.98 Å². The summed E-state index contributed by atoms with van der Waals surface area (Å²) in [6.07, 6.45) is 3.02. The van der Waals surface area contributed by atoms with Crippen molar-refractivity contribution in [1.82, 2.24) is 0 Å². The largest absolute Gasteiger partial charge is 4.00 e. The summed E-state index contributed by atoms with van der Waals surface area (Å²) in [6.45, 7) is 0. The van der Waals surface area contributed by atoms with Crippen molar-refractivity contribution in [2.75, 3.05) is 14.2 Å². The molecule has 0 aliphatic heterocycles. The van der Waals surface area contributed by atoms with Crippen LogP contribution in [0, 0.1) is 0 Å². The molecule has 38 heavy (non-hydrogen) atoms. The molecule has 0 saturated carbocycles. The van der Waals surface area contributed by atoms with Crippen LogP contribution in [0.15, 0.2) is 107 Å². The minimum Gasteiger partial charge on any atom is -2.00 e. The number of aliphatic imine (C=N–C) groups is 2. The van der Waals surface area contributed by atoms with Gasteiger partial charge in [0.05, 0.1) is 25.6 Å². The van der Waals surface area contributed by atoms with Crippen molar-refractivity contribution in [3.63, 3.8) is 0 Å². The predicted octanol–water partition coefficient (Wildman–Crippen LogP) is 4.79. The fraction of sp³-hybridized carbons (Fsp3) is 0.0667. The zero-order valence-corrected chi connectivity index (χ0v) is 22.2. The SMILES string of the molecule is COc1ccc([O-])c(C=N/C(=C(\N=Cc2cc(OC)ccc2[O-])c2ccccc2)c2ccccc2)c1.[O-2].[V+4]. The van der Waals surface area contributed by atoms with Crippen LogP contribution in [0.2, 0.25) is 0 Å². The first kappa shape index (κ1) is 29.9. The average molecular weight is 543 g/mol. The Balaban J connectivity index is 0.00000253. The van der Waals surface area contributed by atoms with E-state index in [0.717, 1.165) is 11.1 Å². The Kier molecular flexibility index (Phi) is 11.4. The number of rotatable bonds is 8. The molecule has 0 spiro atoms. The topological polar surface area (TPSA) is 118 Å². The Labute approximate surface area is 233 Å². The molecule has 0 bridgehead atoms. The van der Waals surface area contributed by atoms with Crippen LogP contribution in [0.4, 0.5) is 0 Å². The molecule has 0 amide bonds. The molecule has 0 atom stereocenters. The second kappa shape index (κ2) is 14.4. The summed E-state index contributed by atoms with van der Waals surface area (Å²) in [5, 5.41) is 24.9. The standard InChI is InChI=1S/C30H26N2O4.O.V/c1-35-25-13-15-27(33)23(17-25)19-31-29(21-9-5-3-6-10-21)30(22-11-7-4-8-12-22)32-20-24-18-26(36-2)14-16-28(24)34;;/h3-20,33-34H,1-2H3;;/q;-2;+4/p-2/b30-29-,31-19?,32-20?;;. The summed E-state index contributed by atoms with van der Waals surface area (Å²) in [4.78, 5) is 9.46. The van der Waals surface area contributed by atoms with E-state index in [1.165, 1.54) is 24.6 Å². The van der Waals surface area contributed by atoms with E-state index in [-0.39, 0.29) is 35.5 Å². The Morgan fingerprint density at radius 3 is 1.32 bits per heavy atom. The summed E-state index contributed by atoms with van der Waals surface area (Å²) in [5.41, 5.74) is 3.44. The van der Waals surface area contributed by atoms with Gasteiger partial charge in [-0.2, -0.15) is 0 Å². The minimum atomic E-state index is -0.177. The summed E-state index contributed by atoms with van der Waals surface area (Å²) >= 11 is 0.